The summed E-state index contributed by atoms with van der Waals surface area (Å²) in [6.45, 7) is 3.42. The van der Waals surface area contributed by atoms with Gasteiger partial charge in [-0.3, -0.25) is 0 Å². The van der Waals surface area contributed by atoms with Crippen LogP contribution in [0.4, 0.5) is 0 Å². The average molecular weight is 208 g/mol. The zero-order valence-corrected chi connectivity index (χ0v) is 10.0. The van der Waals surface area contributed by atoms with E-state index in [1.165, 1.54) is 51.4 Å². The Morgan fingerprint density at radius 3 is 2.53 bits per heavy atom. The van der Waals surface area contributed by atoms with E-state index in [-0.39, 0.29) is 0 Å². The third kappa shape index (κ3) is 1.95. The molecule has 0 aromatic heterocycles. The standard InChI is InChI=1S/C14H24O/c1-2-11-3-6-14(7-4-11)8-5-12-9-13(12)10-15-14/h11-13H,2-10H2,1H3/t11?,12-,13-,14?/m1/s1. The molecule has 0 N–H and O–H groups in total. The van der Waals surface area contributed by atoms with Crippen LogP contribution in [0.5, 0.6) is 0 Å². The smallest absolute Gasteiger partial charge is 0.0683 e. The van der Waals surface area contributed by atoms with Crippen LogP contribution in [0.2, 0.25) is 0 Å². The van der Waals surface area contributed by atoms with Crippen LogP contribution in [0.1, 0.15) is 58.3 Å². The molecule has 0 bridgehead atoms. The van der Waals surface area contributed by atoms with Crippen molar-refractivity contribution in [3.63, 3.8) is 0 Å². The van der Waals surface area contributed by atoms with Gasteiger partial charge in [0.25, 0.3) is 0 Å². The Bertz CT molecular complexity index is 213. The molecule has 86 valence electrons. The molecule has 0 unspecified atom stereocenters. The van der Waals surface area contributed by atoms with Gasteiger partial charge in [0.2, 0.25) is 0 Å². The summed E-state index contributed by atoms with van der Waals surface area (Å²) in [7, 11) is 0. The minimum atomic E-state index is 0.332. The van der Waals surface area contributed by atoms with Crippen molar-refractivity contribution in [2.75, 3.05) is 6.61 Å². The Hall–Kier alpha value is -0.0400. The minimum absolute atomic E-state index is 0.332. The zero-order chi connectivity index (χ0) is 10.3. The summed E-state index contributed by atoms with van der Waals surface area (Å²) >= 11 is 0. The van der Waals surface area contributed by atoms with E-state index < -0.39 is 0 Å². The molecule has 2 aliphatic carbocycles. The molecule has 3 rings (SSSR count). The summed E-state index contributed by atoms with van der Waals surface area (Å²) < 4.78 is 6.28. The molecule has 1 nitrogen and oxygen atoms in total. The number of fused-ring (bicyclic) bond motifs is 1. The maximum atomic E-state index is 6.28. The second-order valence-corrected chi connectivity index (χ2v) is 6.14. The molecular formula is C14H24O. The Morgan fingerprint density at radius 2 is 1.80 bits per heavy atom. The van der Waals surface area contributed by atoms with Crippen LogP contribution in [0.25, 0.3) is 0 Å². The Labute approximate surface area is 93.6 Å². The summed E-state index contributed by atoms with van der Waals surface area (Å²) in [6.07, 6.45) is 11.2. The highest BCUT2D eigenvalue weighted by atomic mass is 16.5. The average Bonchev–Trinajstić information content (AvgIpc) is 3.03. The van der Waals surface area contributed by atoms with Crippen molar-refractivity contribution in [2.24, 2.45) is 17.8 Å². The van der Waals surface area contributed by atoms with Crippen LogP contribution in [-0.2, 0) is 4.74 Å². The number of hydrogen-bond acceptors (Lipinski definition) is 1. The molecule has 1 aliphatic heterocycles. The fourth-order valence-corrected chi connectivity index (χ4v) is 3.68. The lowest BCUT2D eigenvalue weighted by Crippen LogP contribution is -2.37. The molecule has 2 saturated carbocycles. The van der Waals surface area contributed by atoms with Crippen LogP contribution in [0.15, 0.2) is 0 Å². The molecule has 2 atom stereocenters. The van der Waals surface area contributed by atoms with Crippen LogP contribution in [0, 0.1) is 17.8 Å². The Kier molecular flexibility index (Phi) is 2.54. The van der Waals surface area contributed by atoms with Crippen molar-refractivity contribution in [1.82, 2.24) is 0 Å². The largest absolute Gasteiger partial charge is 0.375 e. The first-order valence-corrected chi connectivity index (χ1v) is 6.95. The number of hydrogen-bond donors (Lipinski definition) is 0. The molecule has 0 aromatic carbocycles. The van der Waals surface area contributed by atoms with Gasteiger partial charge >= 0.3 is 0 Å². The Balaban J connectivity index is 1.60. The summed E-state index contributed by atoms with van der Waals surface area (Å²) in [5.74, 6) is 3.00. The van der Waals surface area contributed by atoms with Crippen molar-refractivity contribution in [3.8, 4) is 0 Å². The summed E-state index contributed by atoms with van der Waals surface area (Å²) in [4.78, 5) is 0. The molecule has 1 spiro atoms. The van der Waals surface area contributed by atoms with E-state index in [0.717, 1.165) is 24.4 Å². The zero-order valence-electron chi connectivity index (χ0n) is 10.0. The topological polar surface area (TPSA) is 9.23 Å². The van der Waals surface area contributed by atoms with Crippen molar-refractivity contribution in [3.05, 3.63) is 0 Å². The summed E-state index contributed by atoms with van der Waals surface area (Å²) in [6, 6.07) is 0. The first-order chi connectivity index (χ1) is 7.31. The lowest BCUT2D eigenvalue weighted by Gasteiger charge is -2.39. The van der Waals surface area contributed by atoms with Gasteiger partial charge in [0.15, 0.2) is 0 Å². The SMILES string of the molecule is CCC1CCC2(CC1)CC[C@@H]1C[C@@H]1CO2. The fourth-order valence-electron chi connectivity index (χ4n) is 3.68. The highest BCUT2D eigenvalue weighted by molar-refractivity contribution is 4.96. The summed E-state index contributed by atoms with van der Waals surface area (Å²) in [5.41, 5.74) is 0.332. The lowest BCUT2D eigenvalue weighted by molar-refractivity contribution is -0.0816. The van der Waals surface area contributed by atoms with E-state index >= 15 is 0 Å². The van der Waals surface area contributed by atoms with E-state index in [1.54, 1.807) is 0 Å². The molecule has 15 heavy (non-hydrogen) atoms. The van der Waals surface area contributed by atoms with E-state index in [2.05, 4.69) is 6.92 Å². The van der Waals surface area contributed by atoms with Crippen LogP contribution in [-0.4, -0.2) is 12.2 Å². The van der Waals surface area contributed by atoms with Gasteiger partial charge in [-0.15, -0.1) is 0 Å². The van der Waals surface area contributed by atoms with E-state index in [0.29, 0.717) is 5.60 Å². The maximum Gasteiger partial charge on any atom is 0.0683 e. The van der Waals surface area contributed by atoms with Gasteiger partial charge in [-0.2, -0.15) is 0 Å². The molecular weight excluding hydrogens is 184 g/mol. The molecule has 3 fully saturated rings. The first kappa shape index (κ1) is 10.1. The summed E-state index contributed by atoms with van der Waals surface area (Å²) in [5, 5.41) is 0. The van der Waals surface area contributed by atoms with Gasteiger partial charge in [0.05, 0.1) is 12.2 Å². The van der Waals surface area contributed by atoms with Gasteiger partial charge in [0.1, 0.15) is 0 Å². The van der Waals surface area contributed by atoms with Gasteiger partial charge < -0.3 is 4.74 Å². The molecule has 3 aliphatic rings. The monoisotopic (exact) mass is 208 g/mol. The van der Waals surface area contributed by atoms with Crippen LogP contribution >= 0.6 is 0 Å². The van der Waals surface area contributed by atoms with Gasteiger partial charge in [-0.1, -0.05) is 13.3 Å². The highest BCUT2D eigenvalue weighted by Crippen LogP contribution is 2.50. The quantitative estimate of drug-likeness (QED) is 0.637. The van der Waals surface area contributed by atoms with Gasteiger partial charge in [-0.25, -0.2) is 0 Å². The third-order valence-corrected chi connectivity index (χ3v) is 5.24. The van der Waals surface area contributed by atoms with E-state index in [9.17, 15) is 0 Å². The molecule has 1 heterocycles. The molecule has 0 amide bonds. The van der Waals surface area contributed by atoms with Crippen LogP contribution in [0.3, 0.4) is 0 Å². The molecule has 0 aromatic rings. The van der Waals surface area contributed by atoms with Gasteiger partial charge in [-0.05, 0) is 62.7 Å². The first-order valence-electron chi connectivity index (χ1n) is 6.95. The normalized spacial score (nSPS) is 49.8. The highest BCUT2D eigenvalue weighted by Gasteiger charge is 2.45. The van der Waals surface area contributed by atoms with Crippen LogP contribution < -0.4 is 0 Å². The second-order valence-electron chi connectivity index (χ2n) is 6.14. The minimum Gasteiger partial charge on any atom is -0.375 e. The predicted octanol–water partition coefficient (Wildman–Crippen LogP) is 3.77. The van der Waals surface area contributed by atoms with E-state index in [1.807, 2.05) is 0 Å². The Morgan fingerprint density at radius 1 is 1.07 bits per heavy atom. The molecule has 0 radical (unpaired) electrons. The van der Waals surface area contributed by atoms with E-state index in [4.69, 9.17) is 4.74 Å². The van der Waals surface area contributed by atoms with Crippen molar-refractivity contribution in [1.29, 1.82) is 0 Å². The fraction of sp³-hybridized carbons (Fsp3) is 1.00. The second kappa shape index (κ2) is 3.76. The molecule has 1 saturated heterocycles. The van der Waals surface area contributed by atoms with Gasteiger partial charge in [0, 0.05) is 0 Å². The third-order valence-electron chi connectivity index (χ3n) is 5.24. The number of rotatable bonds is 1. The van der Waals surface area contributed by atoms with Crippen molar-refractivity contribution < 1.29 is 4.74 Å². The van der Waals surface area contributed by atoms with Crippen molar-refractivity contribution >= 4 is 0 Å². The lowest BCUT2D eigenvalue weighted by atomic mass is 9.75. The van der Waals surface area contributed by atoms with Crippen molar-refractivity contribution in [2.45, 2.75) is 63.9 Å². The maximum absolute atomic E-state index is 6.28. The molecule has 1 heteroatoms. The number of ether oxygens (including phenoxy) is 1. The predicted molar refractivity (Wildman–Crippen MR) is 61.8 cm³/mol.